The van der Waals surface area contributed by atoms with Crippen molar-refractivity contribution >= 4 is 22.5 Å². The first-order chi connectivity index (χ1) is 15.5. The lowest BCUT2D eigenvalue weighted by Gasteiger charge is -2.51. The highest BCUT2D eigenvalue weighted by Gasteiger charge is 2.49. The zero-order chi connectivity index (χ0) is 22.5. The van der Waals surface area contributed by atoms with Crippen molar-refractivity contribution in [1.29, 1.82) is 0 Å². The fourth-order valence-corrected chi connectivity index (χ4v) is 5.72. The molecule has 0 spiro atoms. The molecule has 0 bridgehead atoms. The first kappa shape index (κ1) is 20.3. The Kier molecular flexibility index (Phi) is 4.77. The third-order valence-corrected chi connectivity index (χ3v) is 7.33. The molecule has 2 atom stereocenters. The average molecular weight is 431 g/mol. The third kappa shape index (κ3) is 2.99. The van der Waals surface area contributed by atoms with E-state index in [1.807, 2.05) is 23.1 Å². The van der Waals surface area contributed by atoms with Crippen molar-refractivity contribution in [2.24, 2.45) is 5.92 Å². The lowest BCUT2D eigenvalue weighted by atomic mass is 9.58. The molecule has 3 aromatic rings. The summed E-state index contributed by atoms with van der Waals surface area (Å²) in [4.78, 5) is 29.0. The van der Waals surface area contributed by atoms with E-state index in [9.17, 15) is 14.9 Å². The maximum Gasteiger partial charge on any atom is 0.293 e. The molecule has 164 valence electrons. The largest absolute Gasteiger partial charge is 0.497 e. The SMILES string of the molecule is C=CC(=O)N1CC[C@]2(c3cccc(OC)c3)Cc3[nH]c4c([N+](=O)[O-])cccc4c3CC2C1. The molecule has 1 aliphatic carbocycles. The monoisotopic (exact) mass is 431 g/mol. The van der Waals surface area contributed by atoms with E-state index in [0.717, 1.165) is 41.7 Å². The Balaban J connectivity index is 1.66. The van der Waals surface area contributed by atoms with Crippen LogP contribution in [0.25, 0.3) is 10.9 Å². The number of piperidine rings is 1. The van der Waals surface area contributed by atoms with Crippen LogP contribution in [0.5, 0.6) is 5.75 Å². The number of carbonyl (C=O) groups is 1. The Hall–Kier alpha value is -3.61. The van der Waals surface area contributed by atoms with Crippen LogP contribution >= 0.6 is 0 Å². The number of non-ortho nitro benzene ring substituents is 1. The van der Waals surface area contributed by atoms with Crippen molar-refractivity contribution in [2.75, 3.05) is 20.2 Å². The summed E-state index contributed by atoms with van der Waals surface area (Å²) in [6.07, 6.45) is 3.67. The van der Waals surface area contributed by atoms with Gasteiger partial charge < -0.3 is 14.6 Å². The number of fused-ring (bicyclic) bond motifs is 4. The Morgan fingerprint density at radius 1 is 1.34 bits per heavy atom. The summed E-state index contributed by atoms with van der Waals surface area (Å²) in [7, 11) is 1.66. The number of ether oxygens (including phenoxy) is 1. The molecule has 1 aliphatic heterocycles. The molecule has 1 unspecified atom stereocenters. The van der Waals surface area contributed by atoms with Crippen LogP contribution in [-0.2, 0) is 23.1 Å². The predicted octanol–water partition coefficient (Wildman–Crippen LogP) is 4.16. The van der Waals surface area contributed by atoms with Crippen LogP contribution in [0.2, 0.25) is 0 Å². The van der Waals surface area contributed by atoms with Gasteiger partial charge in [0.05, 0.1) is 12.0 Å². The molecular weight excluding hydrogens is 406 g/mol. The van der Waals surface area contributed by atoms with Crippen LogP contribution in [0.15, 0.2) is 55.1 Å². The van der Waals surface area contributed by atoms with Crippen LogP contribution in [0, 0.1) is 16.0 Å². The molecule has 2 aromatic carbocycles. The van der Waals surface area contributed by atoms with E-state index < -0.39 is 0 Å². The number of hydrogen-bond donors (Lipinski definition) is 1. The van der Waals surface area contributed by atoms with Crippen LogP contribution in [-0.4, -0.2) is 40.9 Å². The minimum absolute atomic E-state index is 0.0513. The van der Waals surface area contributed by atoms with Gasteiger partial charge >= 0.3 is 0 Å². The maximum atomic E-state index is 12.4. The first-order valence-corrected chi connectivity index (χ1v) is 10.8. The van der Waals surface area contributed by atoms with Gasteiger partial charge in [-0.05, 0) is 54.5 Å². The highest BCUT2D eigenvalue weighted by atomic mass is 16.6. The van der Waals surface area contributed by atoms with Crippen LogP contribution in [0.1, 0.15) is 23.2 Å². The fraction of sp³-hybridized carbons (Fsp3) is 0.320. The smallest absolute Gasteiger partial charge is 0.293 e. The van der Waals surface area contributed by atoms with Gasteiger partial charge in [-0.1, -0.05) is 30.8 Å². The molecule has 0 saturated carbocycles. The van der Waals surface area contributed by atoms with E-state index in [1.54, 1.807) is 19.2 Å². The van der Waals surface area contributed by atoms with Crippen molar-refractivity contribution in [3.8, 4) is 5.75 Å². The quantitative estimate of drug-likeness (QED) is 0.382. The van der Waals surface area contributed by atoms with E-state index in [0.29, 0.717) is 18.6 Å². The van der Waals surface area contributed by atoms with E-state index in [4.69, 9.17) is 4.74 Å². The molecular formula is C25H25N3O4. The van der Waals surface area contributed by atoms with E-state index in [1.165, 1.54) is 11.6 Å². The predicted molar refractivity (Wildman–Crippen MR) is 122 cm³/mol. The number of nitrogens with zero attached hydrogens (tertiary/aromatic N) is 2. The lowest BCUT2D eigenvalue weighted by Crippen LogP contribution is -2.54. The second-order valence-electron chi connectivity index (χ2n) is 8.74. The van der Waals surface area contributed by atoms with Gasteiger partial charge in [0.2, 0.25) is 5.91 Å². The van der Waals surface area contributed by atoms with Gasteiger partial charge in [0.25, 0.3) is 5.69 Å². The number of H-pyrrole nitrogens is 1. The molecule has 1 fully saturated rings. The minimum Gasteiger partial charge on any atom is -0.497 e. The minimum atomic E-state index is -0.334. The number of benzene rings is 2. The molecule has 0 radical (unpaired) electrons. The maximum absolute atomic E-state index is 12.4. The molecule has 2 aliphatic rings. The van der Waals surface area contributed by atoms with Crippen molar-refractivity contribution in [1.82, 2.24) is 9.88 Å². The zero-order valence-corrected chi connectivity index (χ0v) is 18.0. The standard InChI is InChI=1S/C25H25N3O4/c1-3-23(29)27-11-10-25(16-6-4-7-18(12-16)32-2)14-21-20(13-17(25)15-27)19-8-5-9-22(28(30)31)24(19)26-21/h3-9,12,17,26H,1,10-11,13-15H2,2H3/t17?,25-/m1/s1. The van der Waals surface area contributed by atoms with Gasteiger partial charge in [-0.25, -0.2) is 0 Å². The number of amides is 1. The molecule has 32 heavy (non-hydrogen) atoms. The van der Waals surface area contributed by atoms with Crippen molar-refractivity contribution in [3.05, 3.63) is 82.1 Å². The highest BCUT2D eigenvalue weighted by molar-refractivity contribution is 5.92. The topological polar surface area (TPSA) is 88.5 Å². The number of nitrogens with one attached hydrogen (secondary N) is 1. The average Bonchev–Trinajstić information content (AvgIpc) is 3.18. The zero-order valence-electron chi connectivity index (χ0n) is 18.0. The molecule has 1 N–H and O–H groups in total. The van der Waals surface area contributed by atoms with Gasteiger partial charge in [0.1, 0.15) is 11.3 Å². The summed E-state index contributed by atoms with van der Waals surface area (Å²) in [5.41, 5.74) is 3.86. The van der Waals surface area contributed by atoms with E-state index in [-0.39, 0.29) is 27.9 Å². The van der Waals surface area contributed by atoms with E-state index >= 15 is 0 Å². The third-order valence-electron chi connectivity index (χ3n) is 7.33. The Morgan fingerprint density at radius 2 is 2.16 bits per heavy atom. The highest BCUT2D eigenvalue weighted by Crippen LogP contribution is 2.50. The van der Waals surface area contributed by atoms with Gasteiger partial charge in [-0.3, -0.25) is 14.9 Å². The van der Waals surface area contributed by atoms with Crippen molar-refractivity contribution in [2.45, 2.75) is 24.7 Å². The number of likely N-dealkylation sites (tertiary alicyclic amines) is 1. The number of aromatic amines is 1. The molecule has 7 heteroatoms. The van der Waals surface area contributed by atoms with Crippen LogP contribution < -0.4 is 4.74 Å². The number of aromatic nitrogens is 1. The summed E-state index contributed by atoms with van der Waals surface area (Å²) in [6.45, 7) is 4.93. The number of para-hydroxylation sites is 1. The number of carbonyl (C=O) groups excluding carboxylic acids is 1. The summed E-state index contributed by atoms with van der Waals surface area (Å²) in [6, 6.07) is 13.4. The van der Waals surface area contributed by atoms with Gasteiger partial charge in [-0.15, -0.1) is 0 Å². The van der Waals surface area contributed by atoms with E-state index in [2.05, 4.69) is 23.7 Å². The summed E-state index contributed by atoms with van der Waals surface area (Å²) >= 11 is 0. The summed E-state index contributed by atoms with van der Waals surface area (Å²) < 4.78 is 5.50. The molecule has 1 amide bonds. The van der Waals surface area contributed by atoms with Gasteiger partial charge in [0.15, 0.2) is 0 Å². The Labute approximate surface area is 185 Å². The number of nitro groups is 1. The van der Waals surface area contributed by atoms with Gasteiger partial charge in [-0.2, -0.15) is 0 Å². The van der Waals surface area contributed by atoms with Crippen molar-refractivity contribution in [3.63, 3.8) is 0 Å². The molecule has 1 aromatic heterocycles. The molecule has 2 heterocycles. The second kappa shape index (κ2) is 7.51. The Bertz CT molecular complexity index is 1250. The molecule has 7 nitrogen and oxygen atoms in total. The summed E-state index contributed by atoms with van der Waals surface area (Å²) in [5.74, 6) is 0.931. The first-order valence-electron chi connectivity index (χ1n) is 10.8. The second-order valence-corrected chi connectivity index (χ2v) is 8.74. The van der Waals surface area contributed by atoms with Crippen LogP contribution in [0.4, 0.5) is 5.69 Å². The van der Waals surface area contributed by atoms with Gasteiger partial charge in [0, 0.05) is 35.7 Å². The molecule has 5 rings (SSSR count). The Morgan fingerprint density at radius 3 is 2.91 bits per heavy atom. The lowest BCUT2D eigenvalue weighted by molar-refractivity contribution is -0.383. The van der Waals surface area contributed by atoms with Crippen LogP contribution in [0.3, 0.4) is 0 Å². The fourth-order valence-electron chi connectivity index (χ4n) is 5.72. The summed E-state index contributed by atoms with van der Waals surface area (Å²) in [5, 5.41) is 12.5. The normalized spacial score (nSPS) is 22.2. The molecule has 1 saturated heterocycles. The van der Waals surface area contributed by atoms with Crippen molar-refractivity contribution < 1.29 is 14.5 Å². The number of rotatable bonds is 4. The number of methoxy groups -OCH3 is 1. The number of hydrogen-bond acceptors (Lipinski definition) is 4. The number of nitro benzene ring substituents is 1.